The summed E-state index contributed by atoms with van der Waals surface area (Å²) < 4.78 is 15.7. The molecule has 4 rings (SSSR count). The van der Waals surface area contributed by atoms with Crippen molar-refractivity contribution in [1.82, 2.24) is 19.5 Å². The SMILES string of the molecule is O=[N+]([O-])c1ccc(CSc2ncnc3c2ncn3Cc2ccccc2F)cc1. The standard InChI is InChI=1S/C19H14FN5O2S/c20-16-4-2-1-3-14(16)9-24-12-23-17-18(24)21-11-22-19(17)28-10-13-5-7-15(8-6-13)25(26)27/h1-8,11-12H,9-10H2. The van der Waals surface area contributed by atoms with Crippen LogP contribution in [0.1, 0.15) is 11.1 Å². The van der Waals surface area contributed by atoms with Gasteiger partial charge in [-0.15, -0.1) is 0 Å². The number of nitrogens with zero attached hydrogens (tertiary/aromatic N) is 5. The van der Waals surface area contributed by atoms with E-state index in [1.807, 2.05) is 0 Å². The number of halogens is 1. The van der Waals surface area contributed by atoms with Gasteiger partial charge in [0.05, 0.1) is 17.8 Å². The molecule has 0 fully saturated rings. The summed E-state index contributed by atoms with van der Waals surface area (Å²) >= 11 is 1.47. The van der Waals surface area contributed by atoms with Crippen molar-refractivity contribution in [3.8, 4) is 0 Å². The third kappa shape index (κ3) is 3.70. The van der Waals surface area contributed by atoms with E-state index in [4.69, 9.17) is 0 Å². The maximum absolute atomic E-state index is 13.9. The van der Waals surface area contributed by atoms with Gasteiger partial charge in [-0.3, -0.25) is 10.1 Å². The van der Waals surface area contributed by atoms with Crippen LogP contribution in [0.15, 0.2) is 66.2 Å². The number of hydrogen-bond acceptors (Lipinski definition) is 6. The summed E-state index contributed by atoms with van der Waals surface area (Å²) in [6.45, 7) is 0.326. The summed E-state index contributed by atoms with van der Waals surface area (Å²) in [6.07, 6.45) is 3.09. The number of thioether (sulfide) groups is 1. The van der Waals surface area contributed by atoms with Gasteiger partial charge in [0.1, 0.15) is 22.7 Å². The molecule has 0 spiro atoms. The first-order valence-electron chi connectivity index (χ1n) is 8.37. The summed E-state index contributed by atoms with van der Waals surface area (Å²) in [5, 5.41) is 11.4. The quantitative estimate of drug-likeness (QED) is 0.210. The van der Waals surface area contributed by atoms with Crippen LogP contribution in [0.25, 0.3) is 11.2 Å². The molecule has 0 bridgehead atoms. The highest BCUT2D eigenvalue weighted by atomic mass is 32.2. The molecule has 0 aliphatic carbocycles. The van der Waals surface area contributed by atoms with Crippen molar-refractivity contribution in [2.75, 3.05) is 0 Å². The Bertz CT molecular complexity index is 1150. The molecule has 2 heterocycles. The molecule has 0 aliphatic rings. The largest absolute Gasteiger partial charge is 0.311 e. The number of nitro benzene ring substituents is 1. The second kappa shape index (κ2) is 7.73. The minimum atomic E-state index is -0.424. The Labute approximate surface area is 163 Å². The van der Waals surface area contributed by atoms with Crippen LogP contribution in [0.5, 0.6) is 0 Å². The predicted molar refractivity (Wildman–Crippen MR) is 103 cm³/mol. The zero-order valence-electron chi connectivity index (χ0n) is 14.5. The van der Waals surface area contributed by atoms with Crippen LogP contribution in [0.3, 0.4) is 0 Å². The lowest BCUT2D eigenvalue weighted by Gasteiger charge is -2.06. The van der Waals surface area contributed by atoms with Gasteiger partial charge >= 0.3 is 0 Å². The second-order valence-electron chi connectivity index (χ2n) is 6.03. The zero-order valence-corrected chi connectivity index (χ0v) is 15.3. The van der Waals surface area contributed by atoms with Crippen LogP contribution in [-0.2, 0) is 12.3 Å². The van der Waals surface area contributed by atoms with E-state index in [1.165, 1.54) is 36.3 Å². The summed E-state index contributed by atoms with van der Waals surface area (Å²) in [5.41, 5.74) is 2.83. The Balaban J connectivity index is 1.55. The fourth-order valence-electron chi connectivity index (χ4n) is 2.76. The van der Waals surface area contributed by atoms with E-state index in [-0.39, 0.29) is 11.5 Å². The summed E-state index contributed by atoms with van der Waals surface area (Å²) in [7, 11) is 0. The van der Waals surface area contributed by atoms with E-state index in [2.05, 4.69) is 15.0 Å². The lowest BCUT2D eigenvalue weighted by Crippen LogP contribution is -2.01. The van der Waals surface area contributed by atoms with Crippen molar-refractivity contribution < 1.29 is 9.31 Å². The van der Waals surface area contributed by atoms with Crippen LogP contribution >= 0.6 is 11.8 Å². The number of non-ortho nitro benzene ring substituents is 1. The highest BCUT2D eigenvalue weighted by Crippen LogP contribution is 2.27. The molecule has 0 amide bonds. The first kappa shape index (κ1) is 18.1. The molecule has 0 radical (unpaired) electrons. The van der Waals surface area contributed by atoms with E-state index in [0.717, 1.165) is 5.56 Å². The summed E-state index contributed by atoms with van der Waals surface area (Å²) in [6, 6.07) is 13.0. The molecule has 2 aromatic heterocycles. The van der Waals surface area contributed by atoms with Gasteiger partial charge in [-0.05, 0) is 11.6 Å². The third-order valence-electron chi connectivity index (χ3n) is 4.19. The maximum atomic E-state index is 13.9. The first-order chi connectivity index (χ1) is 13.6. The van der Waals surface area contributed by atoms with E-state index in [9.17, 15) is 14.5 Å². The van der Waals surface area contributed by atoms with E-state index >= 15 is 0 Å². The van der Waals surface area contributed by atoms with Crippen molar-refractivity contribution >= 4 is 28.6 Å². The summed E-state index contributed by atoms with van der Waals surface area (Å²) in [5.74, 6) is 0.316. The number of benzene rings is 2. The highest BCUT2D eigenvalue weighted by Gasteiger charge is 2.13. The third-order valence-corrected chi connectivity index (χ3v) is 5.24. The molecular formula is C19H14FN5O2S. The van der Waals surface area contributed by atoms with Crippen molar-refractivity contribution in [3.63, 3.8) is 0 Å². The highest BCUT2D eigenvalue weighted by molar-refractivity contribution is 7.98. The molecule has 0 N–H and O–H groups in total. The fraction of sp³-hybridized carbons (Fsp3) is 0.105. The average molecular weight is 395 g/mol. The van der Waals surface area contributed by atoms with Gasteiger partial charge in [0, 0.05) is 23.4 Å². The Kier molecular flexibility index (Phi) is 4.98. The van der Waals surface area contributed by atoms with Gasteiger partial charge in [0.2, 0.25) is 0 Å². The van der Waals surface area contributed by atoms with Crippen LogP contribution < -0.4 is 0 Å². The van der Waals surface area contributed by atoms with Crippen LogP contribution in [0.4, 0.5) is 10.1 Å². The molecule has 0 atom stereocenters. The van der Waals surface area contributed by atoms with Gasteiger partial charge in [0.15, 0.2) is 5.65 Å². The van der Waals surface area contributed by atoms with E-state index in [1.54, 1.807) is 41.2 Å². The molecule has 0 saturated heterocycles. The smallest absolute Gasteiger partial charge is 0.269 e. The minimum Gasteiger partial charge on any atom is -0.311 e. The maximum Gasteiger partial charge on any atom is 0.269 e. The van der Waals surface area contributed by atoms with E-state index in [0.29, 0.717) is 34.1 Å². The number of rotatable bonds is 6. The fourth-order valence-corrected chi connectivity index (χ4v) is 3.65. The predicted octanol–water partition coefficient (Wildman–Crippen LogP) is 4.21. The molecule has 28 heavy (non-hydrogen) atoms. The number of imidazole rings is 1. The Hall–Kier alpha value is -3.33. The molecule has 2 aromatic carbocycles. The lowest BCUT2D eigenvalue weighted by atomic mass is 10.2. The molecule has 140 valence electrons. The minimum absolute atomic E-state index is 0.0602. The van der Waals surface area contributed by atoms with Crippen molar-refractivity contribution in [2.45, 2.75) is 17.3 Å². The van der Waals surface area contributed by atoms with Crippen LogP contribution in [-0.4, -0.2) is 24.4 Å². The van der Waals surface area contributed by atoms with Gasteiger partial charge in [-0.25, -0.2) is 19.3 Å². The molecule has 0 unspecified atom stereocenters. The first-order valence-corrected chi connectivity index (χ1v) is 9.36. The Morgan fingerprint density at radius 3 is 2.61 bits per heavy atom. The number of aromatic nitrogens is 4. The average Bonchev–Trinajstić information content (AvgIpc) is 3.12. The molecule has 9 heteroatoms. The number of hydrogen-bond donors (Lipinski definition) is 0. The van der Waals surface area contributed by atoms with E-state index < -0.39 is 4.92 Å². The molecule has 4 aromatic rings. The van der Waals surface area contributed by atoms with Crippen LogP contribution in [0.2, 0.25) is 0 Å². The molecule has 0 saturated carbocycles. The number of nitro groups is 1. The van der Waals surface area contributed by atoms with Crippen molar-refractivity contribution in [1.29, 1.82) is 0 Å². The number of fused-ring (bicyclic) bond motifs is 1. The van der Waals surface area contributed by atoms with Gasteiger partial charge < -0.3 is 4.57 Å². The zero-order chi connectivity index (χ0) is 19.5. The second-order valence-corrected chi connectivity index (χ2v) is 6.99. The summed E-state index contributed by atoms with van der Waals surface area (Å²) in [4.78, 5) is 23.3. The monoisotopic (exact) mass is 395 g/mol. The van der Waals surface area contributed by atoms with Gasteiger partial charge in [-0.1, -0.05) is 42.1 Å². The van der Waals surface area contributed by atoms with Gasteiger partial charge in [0.25, 0.3) is 5.69 Å². The van der Waals surface area contributed by atoms with Crippen molar-refractivity contribution in [2.24, 2.45) is 0 Å². The molecular weight excluding hydrogens is 381 g/mol. The normalized spacial score (nSPS) is 11.0. The van der Waals surface area contributed by atoms with Crippen molar-refractivity contribution in [3.05, 3.63) is 88.2 Å². The lowest BCUT2D eigenvalue weighted by molar-refractivity contribution is -0.384. The van der Waals surface area contributed by atoms with Crippen LogP contribution in [0, 0.1) is 15.9 Å². The Morgan fingerprint density at radius 1 is 1.07 bits per heavy atom. The van der Waals surface area contributed by atoms with Gasteiger partial charge in [-0.2, -0.15) is 0 Å². The topological polar surface area (TPSA) is 86.7 Å². The Morgan fingerprint density at radius 2 is 1.86 bits per heavy atom. The molecule has 0 aliphatic heterocycles. The molecule has 7 nitrogen and oxygen atoms in total.